The first-order valence-electron chi connectivity index (χ1n) is 12.5. The van der Waals surface area contributed by atoms with Gasteiger partial charge in [-0.2, -0.15) is 0 Å². The van der Waals surface area contributed by atoms with Crippen LogP contribution >= 0.6 is 0 Å². The number of carbonyl (C=O) groups is 3. The summed E-state index contributed by atoms with van der Waals surface area (Å²) in [5, 5.41) is 5.26. The Morgan fingerprint density at radius 1 is 0.900 bits per heavy atom. The van der Waals surface area contributed by atoms with Crippen LogP contribution in [0.25, 0.3) is 0 Å². The monoisotopic (exact) mass is 539 g/mol. The number of nitrogens with zero attached hydrogens (tertiary/aromatic N) is 1. The van der Waals surface area contributed by atoms with E-state index in [1.165, 1.54) is 24.1 Å². The van der Waals surface area contributed by atoms with Gasteiger partial charge >= 0.3 is 6.03 Å². The molecule has 1 aliphatic rings. The number of imide groups is 1. The molecule has 0 aliphatic carbocycles. The van der Waals surface area contributed by atoms with Gasteiger partial charge in [-0.1, -0.05) is 48.5 Å². The minimum Gasteiger partial charge on any atom is -0.496 e. The second kappa shape index (κ2) is 11.7. The van der Waals surface area contributed by atoms with E-state index in [9.17, 15) is 18.8 Å². The molecule has 0 unspecified atom stereocenters. The predicted molar refractivity (Wildman–Crippen MR) is 145 cm³/mol. The second-order valence-electron chi connectivity index (χ2n) is 9.15. The first kappa shape index (κ1) is 26.4. The van der Waals surface area contributed by atoms with Crippen LogP contribution in [0.2, 0.25) is 0 Å². The minimum absolute atomic E-state index is 0.122. The summed E-state index contributed by atoms with van der Waals surface area (Å²) in [4.78, 5) is 39.7. The van der Waals surface area contributed by atoms with E-state index in [-0.39, 0.29) is 24.8 Å². The topological polar surface area (TPSA) is 97.0 Å². The standard InChI is InChI=1S/C31H26FN3O5/c1-39-27-16-9-21(19-35-28(30(37)34-31(35)38)22-5-3-2-4-6-22)17-26(27)29(36)33-18-20-7-12-24(13-8-20)40-25-14-10-23(32)11-15-25/h2-17,28H,18-19H2,1H3,(H,33,36)(H,34,37,38)/t28-/m1/s1. The zero-order valence-corrected chi connectivity index (χ0v) is 21.6. The molecule has 2 N–H and O–H groups in total. The van der Waals surface area contributed by atoms with Crippen molar-refractivity contribution >= 4 is 17.8 Å². The third-order valence-corrected chi connectivity index (χ3v) is 6.45. The number of amides is 4. The third-order valence-electron chi connectivity index (χ3n) is 6.45. The SMILES string of the molecule is COc1ccc(CN2C(=O)NC(=O)[C@H]2c2ccccc2)cc1C(=O)NCc1ccc(Oc2ccc(F)cc2)cc1. The summed E-state index contributed by atoms with van der Waals surface area (Å²) >= 11 is 0. The minimum atomic E-state index is -0.761. The van der Waals surface area contributed by atoms with Gasteiger partial charge < -0.3 is 19.7 Å². The second-order valence-corrected chi connectivity index (χ2v) is 9.15. The Morgan fingerprint density at radius 2 is 1.55 bits per heavy atom. The highest BCUT2D eigenvalue weighted by atomic mass is 19.1. The van der Waals surface area contributed by atoms with Crippen LogP contribution in [0.3, 0.4) is 0 Å². The van der Waals surface area contributed by atoms with Gasteiger partial charge in [-0.3, -0.25) is 14.9 Å². The fourth-order valence-electron chi connectivity index (χ4n) is 4.45. The van der Waals surface area contributed by atoms with Crippen molar-refractivity contribution in [3.63, 3.8) is 0 Å². The quantitative estimate of drug-likeness (QED) is 0.280. The van der Waals surface area contributed by atoms with Crippen LogP contribution in [0.1, 0.15) is 33.1 Å². The van der Waals surface area contributed by atoms with Crippen molar-refractivity contribution in [3.8, 4) is 17.2 Å². The molecule has 1 saturated heterocycles. The van der Waals surface area contributed by atoms with Gasteiger partial charge in [0.1, 0.15) is 29.1 Å². The van der Waals surface area contributed by atoms with E-state index in [1.54, 1.807) is 54.6 Å². The van der Waals surface area contributed by atoms with E-state index in [4.69, 9.17) is 9.47 Å². The van der Waals surface area contributed by atoms with Crippen molar-refractivity contribution in [1.29, 1.82) is 0 Å². The Kier molecular flexibility index (Phi) is 7.72. The highest BCUT2D eigenvalue weighted by Crippen LogP contribution is 2.29. The zero-order valence-electron chi connectivity index (χ0n) is 21.6. The highest BCUT2D eigenvalue weighted by Gasteiger charge is 2.39. The van der Waals surface area contributed by atoms with E-state index in [0.29, 0.717) is 33.9 Å². The average molecular weight is 540 g/mol. The first-order valence-corrected chi connectivity index (χ1v) is 12.5. The largest absolute Gasteiger partial charge is 0.496 e. The number of hydrogen-bond donors (Lipinski definition) is 2. The molecule has 0 spiro atoms. The summed E-state index contributed by atoms with van der Waals surface area (Å²) < 4.78 is 24.2. The maximum atomic E-state index is 13.1. The predicted octanol–water partition coefficient (Wildman–Crippen LogP) is 5.35. The van der Waals surface area contributed by atoms with E-state index in [0.717, 1.165) is 5.56 Å². The fourth-order valence-corrected chi connectivity index (χ4v) is 4.45. The Morgan fingerprint density at radius 3 is 2.23 bits per heavy atom. The number of benzene rings is 4. The van der Waals surface area contributed by atoms with Gasteiger partial charge in [0, 0.05) is 13.1 Å². The van der Waals surface area contributed by atoms with Gasteiger partial charge in [0.2, 0.25) is 0 Å². The van der Waals surface area contributed by atoms with Gasteiger partial charge in [0.15, 0.2) is 0 Å². The number of hydrogen-bond acceptors (Lipinski definition) is 5. The summed E-state index contributed by atoms with van der Waals surface area (Å²) in [5.74, 6) is 0.387. The molecule has 40 heavy (non-hydrogen) atoms. The van der Waals surface area contributed by atoms with Crippen molar-refractivity contribution in [2.45, 2.75) is 19.1 Å². The molecule has 202 valence electrons. The molecule has 0 aromatic heterocycles. The summed E-state index contributed by atoms with van der Waals surface area (Å²) in [6.07, 6.45) is 0. The summed E-state index contributed by atoms with van der Waals surface area (Å²) in [6.45, 7) is 0.374. The molecule has 9 heteroatoms. The Labute approximate surface area is 230 Å². The van der Waals surface area contributed by atoms with Crippen LogP contribution in [0.15, 0.2) is 97.1 Å². The molecule has 0 radical (unpaired) electrons. The van der Waals surface area contributed by atoms with Crippen molar-refractivity contribution < 1.29 is 28.2 Å². The Hall–Kier alpha value is -5.18. The molecular formula is C31H26FN3O5. The maximum Gasteiger partial charge on any atom is 0.325 e. The van der Waals surface area contributed by atoms with E-state index in [1.807, 2.05) is 30.3 Å². The lowest BCUT2D eigenvalue weighted by atomic mass is 10.0. The van der Waals surface area contributed by atoms with E-state index >= 15 is 0 Å². The number of urea groups is 1. The first-order chi connectivity index (χ1) is 19.4. The van der Waals surface area contributed by atoms with Crippen molar-refractivity contribution in [2.24, 2.45) is 0 Å². The van der Waals surface area contributed by atoms with Gasteiger partial charge in [-0.25, -0.2) is 9.18 Å². The molecule has 8 nitrogen and oxygen atoms in total. The number of methoxy groups -OCH3 is 1. The lowest BCUT2D eigenvalue weighted by Crippen LogP contribution is -2.29. The number of halogens is 1. The lowest BCUT2D eigenvalue weighted by Gasteiger charge is -2.22. The zero-order chi connectivity index (χ0) is 28.1. The molecule has 5 rings (SSSR count). The highest BCUT2D eigenvalue weighted by molar-refractivity contribution is 6.04. The fraction of sp³-hybridized carbons (Fsp3) is 0.129. The summed E-state index contributed by atoms with van der Waals surface area (Å²) in [7, 11) is 1.48. The molecule has 4 amide bonds. The molecule has 4 aromatic rings. The van der Waals surface area contributed by atoms with Crippen LogP contribution in [-0.2, 0) is 17.9 Å². The van der Waals surface area contributed by atoms with E-state index < -0.39 is 18.0 Å². The molecule has 1 heterocycles. The van der Waals surface area contributed by atoms with Gasteiger partial charge in [0.25, 0.3) is 11.8 Å². The summed E-state index contributed by atoms with van der Waals surface area (Å²) in [6, 6.07) is 25.8. The van der Waals surface area contributed by atoms with Crippen LogP contribution in [0.5, 0.6) is 17.2 Å². The van der Waals surface area contributed by atoms with Crippen molar-refractivity contribution in [3.05, 3.63) is 125 Å². The number of carbonyl (C=O) groups excluding carboxylic acids is 3. The molecule has 1 fully saturated rings. The lowest BCUT2D eigenvalue weighted by molar-refractivity contribution is -0.121. The van der Waals surface area contributed by atoms with Crippen LogP contribution < -0.4 is 20.1 Å². The number of ether oxygens (including phenoxy) is 2. The van der Waals surface area contributed by atoms with Gasteiger partial charge in [-0.05, 0) is 65.2 Å². The van der Waals surface area contributed by atoms with Gasteiger partial charge in [0.05, 0.1) is 12.7 Å². The summed E-state index contributed by atoms with van der Waals surface area (Å²) in [5.41, 5.74) is 2.51. The number of nitrogens with one attached hydrogen (secondary N) is 2. The van der Waals surface area contributed by atoms with Gasteiger partial charge in [-0.15, -0.1) is 0 Å². The molecule has 1 aliphatic heterocycles. The molecule has 0 saturated carbocycles. The van der Waals surface area contributed by atoms with E-state index in [2.05, 4.69) is 10.6 Å². The molecular weight excluding hydrogens is 513 g/mol. The van der Waals surface area contributed by atoms with Crippen LogP contribution in [-0.4, -0.2) is 29.9 Å². The Bertz CT molecular complexity index is 1530. The van der Waals surface area contributed by atoms with Crippen LogP contribution in [0.4, 0.5) is 9.18 Å². The third kappa shape index (κ3) is 5.94. The van der Waals surface area contributed by atoms with Crippen molar-refractivity contribution in [2.75, 3.05) is 7.11 Å². The smallest absolute Gasteiger partial charge is 0.325 e. The molecule has 0 bridgehead atoms. The molecule has 1 atom stereocenters. The number of rotatable bonds is 9. The van der Waals surface area contributed by atoms with Crippen molar-refractivity contribution in [1.82, 2.24) is 15.5 Å². The average Bonchev–Trinajstić information content (AvgIpc) is 3.26. The normalized spacial score (nSPS) is 14.6. The maximum absolute atomic E-state index is 13.1. The molecule has 4 aromatic carbocycles. The van der Waals surface area contributed by atoms with Crippen LogP contribution in [0, 0.1) is 5.82 Å². The Balaban J connectivity index is 1.26.